The van der Waals surface area contributed by atoms with Crippen LogP contribution < -0.4 is 0 Å². The normalized spacial score (nSPS) is 12.2. The van der Waals surface area contributed by atoms with Crippen LogP contribution in [0.3, 0.4) is 0 Å². The van der Waals surface area contributed by atoms with E-state index in [0.717, 1.165) is 12.8 Å². The summed E-state index contributed by atoms with van der Waals surface area (Å²) in [5, 5.41) is 9.01. The second-order valence-electron chi connectivity index (χ2n) is 9.04. The number of ether oxygens (including phenoxy) is 1. The molecule has 0 bridgehead atoms. The van der Waals surface area contributed by atoms with Crippen molar-refractivity contribution < 1.29 is 19.4 Å². The van der Waals surface area contributed by atoms with E-state index in [1.165, 1.54) is 89.4 Å². The number of aliphatic carboxylic acids is 1. The average molecular weight is 415 g/mol. The summed E-state index contributed by atoms with van der Waals surface area (Å²) in [5.74, 6) is -1.78. The van der Waals surface area contributed by atoms with Gasteiger partial charge in [0.2, 0.25) is 0 Å². The van der Waals surface area contributed by atoms with Crippen molar-refractivity contribution in [3.8, 4) is 0 Å². The summed E-state index contributed by atoms with van der Waals surface area (Å²) in [6.45, 7) is 10.1. The molecule has 0 amide bonds. The first-order valence-corrected chi connectivity index (χ1v) is 14.5. The van der Waals surface area contributed by atoms with Crippen molar-refractivity contribution in [2.45, 2.75) is 123 Å². The summed E-state index contributed by atoms with van der Waals surface area (Å²) in [6.07, 6.45) is 12.5. The SMILES string of the molecule is CCCC[Si](CCC)(CCC)CCCCCCCCOC(=O)C(C)(C)C(=O)O. The molecule has 0 radical (unpaired) electrons. The van der Waals surface area contributed by atoms with Crippen LogP contribution in [-0.4, -0.2) is 31.7 Å². The smallest absolute Gasteiger partial charge is 0.322 e. The van der Waals surface area contributed by atoms with Crippen LogP contribution in [0.2, 0.25) is 24.2 Å². The number of unbranched alkanes of at least 4 members (excludes halogenated alkanes) is 6. The van der Waals surface area contributed by atoms with E-state index in [-0.39, 0.29) is 0 Å². The van der Waals surface area contributed by atoms with Crippen LogP contribution in [0, 0.1) is 5.41 Å². The molecule has 166 valence electrons. The van der Waals surface area contributed by atoms with Crippen LogP contribution >= 0.6 is 0 Å². The fourth-order valence-electron chi connectivity index (χ4n) is 4.10. The van der Waals surface area contributed by atoms with Crippen LogP contribution in [0.4, 0.5) is 0 Å². The molecule has 0 aromatic carbocycles. The van der Waals surface area contributed by atoms with Crippen molar-refractivity contribution in [2.75, 3.05) is 6.61 Å². The van der Waals surface area contributed by atoms with E-state index < -0.39 is 25.4 Å². The molecule has 0 aliphatic heterocycles. The molecule has 1 N–H and O–H groups in total. The second kappa shape index (κ2) is 15.1. The van der Waals surface area contributed by atoms with Gasteiger partial charge in [-0.25, -0.2) is 0 Å². The Labute approximate surface area is 174 Å². The lowest BCUT2D eigenvalue weighted by Crippen LogP contribution is -2.35. The molecule has 0 aromatic heterocycles. The third-order valence-corrected chi connectivity index (χ3v) is 12.0. The van der Waals surface area contributed by atoms with Crippen LogP contribution in [0.1, 0.15) is 98.8 Å². The molecule has 0 aliphatic carbocycles. The van der Waals surface area contributed by atoms with Crippen LogP contribution in [0.5, 0.6) is 0 Å². The van der Waals surface area contributed by atoms with Crippen molar-refractivity contribution in [3.05, 3.63) is 0 Å². The van der Waals surface area contributed by atoms with Gasteiger partial charge in [-0.05, 0) is 20.3 Å². The predicted molar refractivity (Wildman–Crippen MR) is 121 cm³/mol. The number of hydrogen-bond donors (Lipinski definition) is 1. The van der Waals surface area contributed by atoms with Gasteiger partial charge in [0.1, 0.15) is 0 Å². The number of carboxylic acid groups (broad SMARTS) is 1. The third kappa shape index (κ3) is 10.6. The van der Waals surface area contributed by atoms with Gasteiger partial charge in [-0.1, -0.05) is 103 Å². The molecular weight excluding hydrogens is 368 g/mol. The van der Waals surface area contributed by atoms with E-state index in [2.05, 4.69) is 20.8 Å². The molecular formula is C23H46O4Si. The van der Waals surface area contributed by atoms with Crippen LogP contribution in [0.15, 0.2) is 0 Å². The largest absolute Gasteiger partial charge is 0.480 e. The first-order valence-electron chi connectivity index (χ1n) is 11.7. The standard InChI is InChI=1S/C23H46O4Si/c1-6-9-19-28(17-7-2,18-8-3)20-15-13-11-10-12-14-16-27-22(26)23(4,5)21(24)25/h6-20H2,1-5H3,(H,24,25). The van der Waals surface area contributed by atoms with Gasteiger partial charge in [0.05, 0.1) is 14.7 Å². The van der Waals surface area contributed by atoms with E-state index in [4.69, 9.17) is 9.84 Å². The molecule has 0 spiro atoms. The summed E-state index contributed by atoms with van der Waals surface area (Å²) < 4.78 is 5.12. The summed E-state index contributed by atoms with van der Waals surface area (Å²) in [6, 6.07) is 6.07. The molecule has 0 saturated carbocycles. The Morgan fingerprint density at radius 1 is 0.750 bits per heavy atom. The Morgan fingerprint density at radius 3 is 1.75 bits per heavy atom. The monoisotopic (exact) mass is 414 g/mol. The zero-order valence-corrected chi connectivity index (χ0v) is 20.3. The Bertz CT molecular complexity index is 428. The number of carbonyl (C=O) groups is 2. The minimum Gasteiger partial charge on any atom is -0.480 e. The molecule has 0 unspecified atom stereocenters. The molecule has 4 nitrogen and oxygen atoms in total. The minimum absolute atomic E-state index is 0.329. The van der Waals surface area contributed by atoms with Crippen LogP contribution in [0.25, 0.3) is 0 Å². The lowest BCUT2D eigenvalue weighted by atomic mass is 9.94. The van der Waals surface area contributed by atoms with Crippen molar-refractivity contribution in [2.24, 2.45) is 5.41 Å². The van der Waals surface area contributed by atoms with Gasteiger partial charge >= 0.3 is 11.9 Å². The fraction of sp³-hybridized carbons (Fsp3) is 0.913. The first-order chi connectivity index (χ1) is 13.3. The maximum Gasteiger partial charge on any atom is 0.322 e. The molecule has 0 aliphatic rings. The van der Waals surface area contributed by atoms with Gasteiger partial charge in [-0.15, -0.1) is 0 Å². The molecule has 0 heterocycles. The van der Waals surface area contributed by atoms with Gasteiger partial charge in [0.25, 0.3) is 0 Å². The fourth-order valence-corrected chi connectivity index (χ4v) is 9.83. The average Bonchev–Trinajstić information content (AvgIpc) is 2.65. The number of rotatable bonds is 18. The van der Waals surface area contributed by atoms with Crippen molar-refractivity contribution in [1.29, 1.82) is 0 Å². The molecule has 0 aromatic rings. The molecule has 0 rings (SSSR count). The second-order valence-corrected chi connectivity index (χ2v) is 14.0. The highest BCUT2D eigenvalue weighted by Crippen LogP contribution is 2.33. The lowest BCUT2D eigenvalue weighted by Gasteiger charge is -2.32. The van der Waals surface area contributed by atoms with Crippen LogP contribution in [-0.2, 0) is 14.3 Å². The summed E-state index contributed by atoms with van der Waals surface area (Å²) in [7, 11) is -1.04. The lowest BCUT2D eigenvalue weighted by molar-refractivity contribution is -0.166. The van der Waals surface area contributed by atoms with E-state index in [9.17, 15) is 9.59 Å². The van der Waals surface area contributed by atoms with Gasteiger partial charge in [-0.3, -0.25) is 9.59 Å². The summed E-state index contributed by atoms with van der Waals surface area (Å²) in [4.78, 5) is 22.8. The molecule has 28 heavy (non-hydrogen) atoms. The quantitative estimate of drug-likeness (QED) is 0.113. The van der Waals surface area contributed by atoms with E-state index >= 15 is 0 Å². The number of carbonyl (C=O) groups excluding carboxylic acids is 1. The topological polar surface area (TPSA) is 63.6 Å². The van der Waals surface area contributed by atoms with Crippen molar-refractivity contribution in [1.82, 2.24) is 0 Å². The van der Waals surface area contributed by atoms with E-state index in [1.807, 2.05) is 0 Å². The Hall–Kier alpha value is -0.843. The van der Waals surface area contributed by atoms with Gasteiger partial charge in [0, 0.05) is 0 Å². The number of carboxylic acids is 1. The summed E-state index contributed by atoms with van der Waals surface area (Å²) in [5.41, 5.74) is -1.45. The third-order valence-electron chi connectivity index (χ3n) is 6.00. The minimum atomic E-state index is -1.45. The maximum atomic E-state index is 11.8. The van der Waals surface area contributed by atoms with E-state index in [0.29, 0.717) is 6.61 Å². The highest BCUT2D eigenvalue weighted by molar-refractivity contribution is 6.79. The Morgan fingerprint density at radius 2 is 1.25 bits per heavy atom. The number of hydrogen-bond acceptors (Lipinski definition) is 3. The summed E-state index contributed by atoms with van der Waals surface area (Å²) >= 11 is 0. The highest BCUT2D eigenvalue weighted by Gasteiger charge is 2.37. The Balaban J connectivity index is 3.97. The predicted octanol–water partition coefficient (Wildman–Crippen LogP) is 7.05. The Kier molecular flexibility index (Phi) is 14.6. The molecule has 0 saturated heterocycles. The highest BCUT2D eigenvalue weighted by atomic mass is 28.3. The number of esters is 1. The van der Waals surface area contributed by atoms with Gasteiger partial charge < -0.3 is 9.84 Å². The zero-order valence-electron chi connectivity index (χ0n) is 19.3. The maximum absolute atomic E-state index is 11.8. The molecule has 5 heteroatoms. The molecule has 0 fully saturated rings. The van der Waals surface area contributed by atoms with Crippen molar-refractivity contribution >= 4 is 20.0 Å². The zero-order chi connectivity index (χ0) is 21.5. The van der Waals surface area contributed by atoms with E-state index in [1.54, 1.807) is 0 Å². The van der Waals surface area contributed by atoms with Gasteiger partial charge in [0.15, 0.2) is 5.41 Å². The van der Waals surface area contributed by atoms with Gasteiger partial charge in [-0.2, -0.15) is 0 Å². The molecule has 0 atom stereocenters. The van der Waals surface area contributed by atoms with Crippen molar-refractivity contribution in [3.63, 3.8) is 0 Å². The first kappa shape index (κ1) is 27.2.